The third-order valence-corrected chi connectivity index (χ3v) is 4.19. The van der Waals surface area contributed by atoms with Gasteiger partial charge in [0, 0.05) is 12.5 Å². The lowest BCUT2D eigenvalue weighted by Gasteiger charge is -1.99. The number of hydrogen-bond donors (Lipinski definition) is 2. The summed E-state index contributed by atoms with van der Waals surface area (Å²) in [5.74, 6) is -1.01. The van der Waals surface area contributed by atoms with E-state index in [1.54, 1.807) is 6.07 Å². The van der Waals surface area contributed by atoms with Crippen molar-refractivity contribution in [3.8, 4) is 0 Å². The van der Waals surface area contributed by atoms with Crippen LogP contribution >= 0.6 is 11.3 Å². The average Bonchev–Trinajstić information content (AvgIpc) is 2.58. The molecule has 0 aliphatic carbocycles. The number of rotatable bonds is 2. The van der Waals surface area contributed by atoms with Crippen LogP contribution in [0.25, 0.3) is 10.2 Å². The molecule has 16 heavy (non-hydrogen) atoms. The quantitative estimate of drug-likeness (QED) is 0.860. The van der Waals surface area contributed by atoms with Crippen LogP contribution in [-0.2, 0) is 9.73 Å². The van der Waals surface area contributed by atoms with Crippen molar-refractivity contribution in [1.29, 1.82) is 4.78 Å². The Morgan fingerprint density at radius 3 is 2.81 bits per heavy atom. The van der Waals surface area contributed by atoms with Crippen molar-refractivity contribution in [2.45, 2.75) is 4.90 Å². The first-order valence-electron chi connectivity index (χ1n) is 4.24. The monoisotopic (exact) mass is 256 g/mol. The molecule has 0 aliphatic rings. The highest BCUT2D eigenvalue weighted by atomic mass is 32.2. The molecule has 2 N–H and O–H groups in total. The molecule has 0 saturated heterocycles. The van der Waals surface area contributed by atoms with Crippen molar-refractivity contribution in [3.63, 3.8) is 0 Å². The number of aromatic nitrogens is 1. The lowest BCUT2D eigenvalue weighted by molar-refractivity contribution is 0.0702. The molecule has 0 aromatic carbocycles. The third-order valence-electron chi connectivity index (χ3n) is 2.00. The second kappa shape index (κ2) is 3.53. The maximum Gasteiger partial charge on any atom is 0.345 e. The van der Waals surface area contributed by atoms with Crippen LogP contribution in [0.3, 0.4) is 0 Å². The molecule has 2 rings (SSSR count). The molecule has 0 spiro atoms. The summed E-state index contributed by atoms with van der Waals surface area (Å²) in [6.45, 7) is 0. The van der Waals surface area contributed by atoms with Crippen LogP contribution in [0.4, 0.5) is 0 Å². The molecule has 1 atom stereocenters. The van der Waals surface area contributed by atoms with Gasteiger partial charge < -0.3 is 5.11 Å². The van der Waals surface area contributed by atoms with E-state index in [1.165, 1.54) is 18.5 Å². The molecule has 7 heteroatoms. The number of carboxylic acids is 1. The molecule has 0 radical (unpaired) electrons. The number of pyridine rings is 1. The molecule has 84 valence electrons. The van der Waals surface area contributed by atoms with Gasteiger partial charge in [-0.2, -0.15) is 0 Å². The van der Waals surface area contributed by atoms with Crippen LogP contribution in [0, 0.1) is 4.78 Å². The number of aromatic carboxylic acids is 1. The number of thiophene rings is 1. The zero-order valence-electron chi connectivity index (χ0n) is 8.26. The maximum absolute atomic E-state index is 11.5. The van der Waals surface area contributed by atoms with Gasteiger partial charge in [-0.15, -0.1) is 11.3 Å². The van der Waals surface area contributed by atoms with Gasteiger partial charge in [0.05, 0.1) is 24.8 Å². The van der Waals surface area contributed by atoms with E-state index in [1.807, 2.05) is 0 Å². The average molecular weight is 256 g/mol. The summed E-state index contributed by atoms with van der Waals surface area (Å²) in [6, 6.07) is 3.03. The molecule has 0 saturated carbocycles. The van der Waals surface area contributed by atoms with Gasteiger partial charge in [-0.1, -0.05) is 0 Å². The summed E-state index contributed by atoms with van der Waals surface area (Å²) in [7, 11) is -2.81. The van der Waals surface area contributed by atoms with Gasteiger partial charge in [-0.25, -0.2) is 13.8 Å². The van der Waals surface area contributed by atoms with E-state index in [-0.39, 0.29) is 4.88 Å². The Labute approximate surface area is 95.7 Å². The predicted molar refractivity (Wildman–Crippen MR) is 61.6 cm³/mol. The van der Waals surface area contributed by atoms with E-state index in [0.29, 0.717) is 15.1 Å². The lowest BCUT2D eigenvalue weighted by Crippen LogP contribution is -1.94. The van der Waals surface area contributed by atoms with Gasteiger partial charge >= 0.3 is 5.97 Å². The van der Waals surface area contributed by atoms with Crippen molar-refractivity contribution in [1.82, 2.24) is 4.98 Å². The normalized spacial score (nSPS) is 14.8. The summed E-state index contributed by atoms with van der Waals surface area (Å²) in [4.78, 5) is 15.2. The van der Waals surface area contributed by atoms with Crippen molar-refractivity contribution >= 4 is 37.3 Å². The molecule has 0 fully saturated rings. The first-order valence-corrected chi connectivity index (χ1v) is 7.03. The minimum Gasteiger partial charge on any atom is -0.477 e. The summed E-state index contributed by atoms with van der Waals surface area (Å²) in [5.41, 5.74) is 0.551. The molecule has 2 heterocycles. The number of hydrogen-bond acceptors (Lipinski definition) is 5. The zero-order valence-corrected chi connectivity index (χ0v) is 9.89. The van der Waals surface area contributed by atoms with Gasteiger partial charge in [0.15, 0.2) is 0 Å². The number of nitrogens with one attached hydrogen (secondary N) is 1. The Morgan fingerprint density at radius 2 is 2.25 bits per heavy atom. The van der Waals surface area contributed by atoms with Gasteiger partial charge in [-0.05, 0) is 12.1 Å². The Kier molecular flexibility index (Phi) is 2.43. The van der Waals surface area contributed by atoms with Crippen LogP contribution in [0.1, 0.15) is 9.67 Å². The Hall–Kier alpha value is -1.47. The van der Waals surface area contributed by atoms with Gasteiger partial charge in [-0.3, -0.25) is 4.98 Å². The van der Waals surface area contributed by atoms with Crippen LogP contribution in [0.2, 0.25) is 0 Å². The van der Waals surface area contributed by atoms with Crippen molar-refractivity contribution in [3.05, 3.63) is 23.2 Å². The SMILES string of the molecule is CS(=N)(=O)c1cnc2cc(C(=O)O)sc2c1. The van der Waals surface area contributed by atoms with E-state index < -0.39 is 15.7 Å². The van der Waals surface area contributed by atoms with E-state index in [0.717, 1.165) is 11.3 Å². The summed E-state index contributed by atoms with van der Waals surface area (Å²) in [5, 5.41) is 8.80. The van der Waals surface area contributed by atoms with Crippen molar-refractivity contribution in [2.24, 2.45) is 0 Å². The summed E-state index contributed by atoms with van der Waals surface area (Å²) >= 11 is 1.06. The van der Waals surface area contributed by atoms with Crippen molar-refractivity contribution < 1.29 is 14.1 Å². The topological polar surface area (TPSA) is 91.1 Å². The van der Waals surface area contributed by atoms with E-state index in [4.69, 9.17) is 9.89 Å². The van der Waals surface area contributed by atoms with E-state index in [9.17, 15) is 9.00 Å². The molecule has 0 aliphatic heterocycles. The van der Waals surface area contributed by atoms with Gasteiger partial charge in [0.25, 0.3) is 0 Å². The third kappa shape index (κ3) is 1.91. The van der Waals surface area contributed by atoms with Crippen LogP contribution in [0.5, 0.6) is 0 Å². The zero-order chi connectivity index (χ0) is 11.9. The molecule has 1 unspecified atom stereocenters. The number of nitrogens with zero attached hydrogens (tertiary/aromatic N) is 1. The highest BCUT2D eigenvalue weighted by Gasteiger charge is 2.11. The van der Waals surface area contributed by atoms with Gasteiger partial charge in [0.2, 0.25) is 0 Å². The molecular weight excluding hydrogens is 248 g/mol. The largest absolute Gasteiger partial charge is 0.477 e. The van der Waals surface area contributed by atoms with E-state index in [2.05, 4.69) is 4.98 Å². The number of fused-ring (bicyclic) bond motifs is 1. The van der Waals surface area contributed by atoms with E-state index >= 15 is 0 Å². The number of carboxylic acid groups (broad SMARTS) is 1. The first kappa shape index (κ1) is 11.0. The molecule has 2 aromatic heterocycles. The molecule has 5 nitrogen and oxygen atoms in total. The lowest BCUT2D eigenvalue weighted by atomic mass is 10.4. The second-order valence-corrected chi connectivity index (χ2v) is 6.56. The first-order chi connectivity index (χ1) is 7.38. The maximum atomic E-state index is 11.5. The highest BCUT2D eigenvalue weighted by Crippen LogP contribution is 2.26. The minimum absolute atomic E-state index is 0.187. The summed E-state index contributed by atoms with van der Waals surface area (Å²) < 4.78 is 19.5. The van der Waals surface area contributed by atoms with Crippen molar-refractivity contribution in [2.75, 3.05) is 6.26 Å². The molecular formula is C9H8N2O3S2. The molecule has 0 bridgehead atoms. The molecule has 0 amide bonds. The van der Waals surface area contributed by atoms with Crippen LogP contribution in [0.15, 0.2) is 23.2 Å². The Bertz CT molecular complexity index is 673. The Balaban J connectivity index is 2.67. The second-order valence-electron chi connectivity index (χ2n) is 3.31. The molecule has 2 aromatic rings. The Morgan fingerprint density at radius 1 is 1.56 bits per heavy atom. The minimum atomic E-state index is -2.81. The van der Waals surface area contributed by atoms with Crippen LogP contribution in [-0.4, -0.2) is 26.5 Å². The number of carbonyl (C=O) groups is 1. The highest BCUT2D eigenvalue weighted by molar-refractivity contribution is 7.91. The predicted octanol–water partition coefficient (Wildman–Crippen LogP) is 2.03. The van der Waals surface area contributed by atoms with Crippen LogP contribution < -0.4 is 0 Å². The summed E-state index contributed by atoms with van der Waals surface area (Å²) in [6.07, 6.45) is 2.66. The fraction of sp³-hybridized carbons (Fsp3) is 0.111. The smallest absolute Gasteiger partial charge is 0.345 e. The standard InChI is InChI=1S/C9H8N2O3S2/c1-16(10,14)5-2-7-6(11-4-5)3-8(15-7)9(12)13/h2-4,10H,1H3,(H,12,13). The fourth-order valence-corrected chi connectivity index (χ4v) is 2.79. The van der Waals surface area contributed by atoms with Gasteiger partial charge in [0.1, 0.15) is 4.88 Å². The fourth-order valence-electron chi connectivity index (χ4n) is 1.22.